The van der Waals surface area contributed by atoms with E-state index in [2.05, 4.69) is 10.3 Å². The molecule has 8 rings (SSSR count). The van der Waals surface area contributed by atoms with E-state index in [4.69, 9.17) is 9.47 Å². The first kappa shape index (κ1) is 34.2. The topological polar surface area (TPSA) is 135 Å². The van der Waals surface area contributed by atoms with Crippen LogP contribution in [0.25, 0.3) is 0 Å². The number of anilines is 2. The number of carbonyl (C=O) groups excluding carboxylic acids is 4. The molecule has 4 unspecified atom stereocenters. The van der Waals surface area contributed by atoms with Crippen molar-refractivity contribution in [3.05, 3.63) is 104 Å². The highest BCUT2D eigenvalue weighted by molar-refractivity contribution is 8.00. The van der Waals surface area contributed by atoms with Gasteiger partial charge in [0.05, 0.1) is 40.3 Å². The maximum Gasteiger partial charge on any atom is 0.418 e. The molecule has 268 valence electrons. The number of H-pyrrole nitrogens is 1. The van der Waals surface area contributed by atoms with Crippen molar-refractivity contribution in [1.82, 2.24) is 4.98 Å². The zero-order chi connectivity index (χ0) is 36.5. The number of esters is 1. The van der Waals surface area contributed by atoms with Gasteiger partial charge in [0.1, 0.15) is 5.75 Å². The Morgan fingerprint density at radius 3 is 2.37 bits per heavy atom. The largest absolute Gasteiger partial charge is 0.483 e. The Hall–Kier alpha value is -4.89. The van der Waals surface area contributed by atoms with E-state index in [1.54, 1.807) is 31.2 Å². The Morgan fingerprint density at radius 2 is 1.63 bits per heavy atom. The molecule has 3 amide bonds. The first-order valence-corrected chi connectivity index (χ1v) is 18.4. The molecule has 0 spiro atoms. The summed E-state index contributed by atoms with van der Waals surface area (Å²) < 4.78 is 53.2. The molecule has 2 N–H and O–H groups in total. The monoisotopic (exact) mass is 749 g/mol. The van der Waals surface area contributed by atoms with Gasteiger partial charge in [-0.25, -0.2) is 9.69 Å². The van der Waals surface area contributed by atoms with Gasteiger partial charge in [0.25, 0.3) is 5.91 Å². The summed E-state index contributed by atoms with van der Waals surface area (Å²) in [4.78, 5) is 69.9. The van der Waals surface area contributed by atoms with Crippen LogP contribution in [0.3, 0.4) is 0 Å². The van der Waals surface area contributed by atoms with Gasteiger partial charge in [0.15, 0.2) is 6.61 Å². The third kappa shape index (κ3) is 5.61. The molecule has 15 heteroatoms. The van der Waals surface area contributed by atoms with Crippen molar-refractivity contribution < 1.29 is 41.8 Å². The average molecular weight is 750 g/mol. The second kappa shape index (κ2) is 13.0. The number of aromatic nitrogens is 1. The number of aromatic amines is 1. The molecule has 7 atom stereocenters. The van der Waals surface area contributed by atoms with Gasteiger partial charge >= 0.3 is 17.0 Å². The Bertz CT molecular complexity index is 2170. The summed E-state index contributed by atoms with van der Waals surface area (Å²) in [6.07, 6.45) is -4.22. The number of thiazole rings is 1. The van der Waals surface area contributed by atoms with Gasteiger partial charge in [0, 0.05) is 27.3 Å². The number of hydrogen-bond donors (Lipinski definition) is 2. The Labute approximate surface area is 302 Å². The van der Waals surface area contributed by atoms with Crippen LogP contribution >= 0.6 is 23.1 Å². The summed E-state index contributed by atoms with van der Waals surface area (Å²) in [5.41, 5.74) is -0.0162. The third-order valence-electron chi connectivity index (χ3n) is 10.5. The molecule has 3 fully saturated rings. The van der Waals surface area contributed by atoms with E-state index in [1.807, 2.05) is 12.1 Å². The molecule has 52 heavy (non-hydrogen) atoms. The average Bonchev–Trinajstić information content (AvgIpc) is 3.86. The maximum absolute atomic E-state index is 14.1. The first-order valence-electron chi connectivity index (χ1n) is 16.7. The lowest BCUT2D eigenvalue weighted by Crippen LogP contribution is -2.42. The predicted octanol–water partition coefficient (Wildman–Crippen LogP) is 6.33. The van der Waals surface area contributed by atoms with Crippen molar-refractivity contribution in [2.24, 2.45) is 29.6 Å². The number of thioether (sulfide) groups is 1. The second-order valence-corrected chi connectivity index (χ2v) is 15.4. The van der Waals surface area contributed by atoms with E-state index >= 15 is 0 Å². The minimum atomic E-state index is -4.77. The van der Waals surface area contributed by atoms with Crippen molar-refractivity contribution in [2.75, 3.05) is 23.4 Å². The molecule has 10 nitrogen and oxygen atoms in total. The molecule has 1 saturated heterocycles. The fourth-order valence-corrected chi connectivity index (χ4v) is 11.5. The summed E-state index contributed by atoms with van der Waals surface area (Å²) >= 11 is 2.51. The number of fused-ring (bicyclic) bond motifs is 9. The molecule has 2 bridgehead atoms. The summed E-state index contributed by atoms with van der Waals surface area (Å²) in [6.45, 7) is 1.58. The SMILES string of the molecule is CCOC(=O)c1ccc(NC(=O)COc2ccccc2[C@H]2c3sc(=O)[nH]c3SC3C2[C@H]2C[C@@H]3C3C(=O)N(c4ccccc4C(F)(F)F)C(=O)C32)cc1. The molecule has 0 radical (unpaired) electrons. The molecule has 1 aromatic heterocycles. The van der Waals surface area contributed by atoms with Gasteiger partial charge in [-0.2, -0.15) is 13.2 Å². The van der Waals surface area contributed by atoms with Crippen LogP contribution < -0.4 is 19.8 Å². The van der Waals surface area contributed by atoms with Crippen LogP contribution in [0.4, 0.5) is 24.5 Å². The number of nitrogens with one attached hydrogen (secondary N) is 2. The van der Waals surface area contributed by atoms with Crippen molar-refractivity contribution in [1.29, 1.82) is 0 Å². The quantitative estimate of drug-likeness (QED) is 0.158. The standard InChI is InChI=1S/C37H30F3N3O7S2/c1-2-49-35(47)17-11-13-18(14-12-17)41-25(44)16-50-24-10-6-3-7-19(24)26-27-20-15-21(30(27)51-32-31(26)52-36(48)42-32)29-28(20)33(45)43(34(29)46)23-9-5-4-8-22(23)37(38,39)40/h3-14,20-21,26-30H,2,15-16H2,1H3,(H,41,44)(H,42,48)/t20-,21-,26-,27?,28?,29?,30?/m1/s1. The van der Waals surface area contributed by atoms with E-state index in [9.17, 15) is 37.1 Å². The molecular formula is C37H30F3N3O7S2. The summed E-state index contributed by atoms with van der Waals surface area (Å²) in [6, 6.07) is 18.0. The number of carbonyl (C=O) groups is 4. The van der Waals surface area contributed by atoms with E-state index in [-0.39, 0.29) is 41.1 Å². The van der Waals surface area contributed by atoms with Crippen LogP contribution in [0, 0.1) is 29.6 Å². The lowest BCUT2D eigenvalue weighted by molar-refractivity contribution is -0.137. The van der Waals surface area contributed by atoms with Crippen molar-refractivity contribution >= 4 is 58.2 Å². The number of hydrogen-bond acceptors (Lipinski definition) is 9. The summed E-state index contributed by atoms with van der Waals surface area (Å²) in [7, 11) is 0. The van der Waals surface area contributed by atoms with Crippen LogP contribution in [0.5, 0.6) is 5.75 Å². The van der Waals surface area contributed by atoms with Crippen LogP contribution in [0.2, 0.25) is 0 Å². The molecule has 4 aliphatic rings. The van der Waals surface area contributed by atoms with Gasteiger partial charge < -0.3 is 19.8 Å². The first-order chi connectivity index (χ1) is 25.0. The lowest BCUT2D eigenvalue weighted by atomic mass is 9.68. The van der Waals surface area contributed by atoms with Crippen LogP contribution in [0.15, 0.2) is 82.6 Å². The van der Waals surface area contributed by atoms with Crippen LogP contribution in [0.1, 0.15) is 45.6 Å². The molecular weight excluding hydrogens is 720 g/mol. The van der Waals surface area contributed by atoms with Gasteiger partial charge in [-0.15, -0.1) is 11.8 Å². The van der Waals surface area contributed by atoms with Gasteiger partial charge in [-0.1, -0.05) is 41.7 Å². The normalized spacial score (nSPS) is 25.8. The fraction of sp³-hybridized carbons (Fsp3) is 0.324. The minimum absolute atomic E-state index is 0.211. The molecule has 2 aliphatic heterocycles. The van der Waals surface area contributed by atoms with Crippen molar-refractivity contribution in [2.45, 2.75) is 35.7 Å². The highest BCUT2D eigenvalue weighted by atomic mass is 32.2. The Morgan fingerprint density at radius 1 is 0.942 bits per heavy atom. The van der Waals surface area contributed by atoms with Crippen LogP contribution in [-0.2, 0) is 25.3 Å². The molecule has 4 aromatic rings. The number of benzene rings is 3. The minimum Gasteiger partial charge on any atom is -0.483 e. The lowest BCUT2D eigenvalue weighted by Gasteiger charge is -2.43. The van der Waals surface area contributed by atoms with E-state index in [0.717, 1.165) is 33.2 Å². The number of rotatable bonds is 8. The molecule has 3 aromatic carbocycles. The van der Waals surface area contributed by atoms with Gasteiger partial charge in [-0.3, -0.25) is 19.2 Å². The molecule has 2 saturated carbocycles. The zero-order valence-corrected chi connectivity index (χ0v) is 29.0. The van der Waals surface area contributed by atoms with E-state index < -0.39 is 58.9 Å². The number of ether oxygens (including phenoxy) is 2. The van der Waals surface area contributed by atoms with Crippen LogP contribution in [-0.4, -0.2) is 47.1 Å². The smallest absolute Gasteiger partial charge is 0.418 e. The molecule has 3 heterocycles. The van der Waals surface area contributed by atoms with Crippen molar-refractivity contribution in [3.8, 4) is 5.75 Å². The number of halogens is 3. The maximum atomic E-state index is 14.1. The zero-order valence-electron chi connectivity index (χ0n) is 27.3. The van der Waals surface area contributed by atoms with E-state index in [0.29, 0.717) is 34.0 Å². The van der Waals surface area contributed by atoms with Gasteiger partial charge in [-0.05, 0) is 73.6 Å². The Kier molecular flexibility index (Phi) is 8.52. The summed E-state index contributed by atoms with van der Waals surface area (Å²) in [5.74, 6) is -4.73. The number of para-hydroxylation sites is 2. The predicted molar refractivity (Wildman–Crippen MR) is 185 cm³/mol. The number of alkyl halides is 3. The fourth-order valence-electron chi connectivity index (χ4n) is 8.62. The second-order valence-electron chi connectivity index (χ2n) is 13.2. The third-order valence-corrected chi connectivity index (χ3v) is 13.1. The van der Waals surface area contributed by atoms with E-state index in [1.165, 1.54) is 36.0 Å². The van der Waals surface area contributed by atoms with Crippen molar-refractivity contribution in [3.63, 3.8) is 0 Å². The summed E-state index contributed by atoms with van der Waals surface area (Å²) in [5, 5.41) is 3.19. The van der Waals surface area contributed by atoms with Gasteiger partial charge in [0.2, 0.25) is 11.8 Å². The number of amides is 3. The molecule has 2 aliphatic carbocycles. The number of nitrogens with zero attached hydrogens (tertiary/aromatic N) is 1. The highest BCUT2D eigenvalue weighted by Crippen LogP contribution is 2.69. The number of imide groups is 1. The Balaban J connectivity index is 1.08. The highest BCUT2D eigenvalue weighted by Gasteiger charge is 2.70.